The zero-order valence-corrected chi connectivity index (χ0v) is 9.31. The van der Waals surface area contributed by atoms with Crippen LogP contribution in [0.1, 0.15) is 0 Å². The van der Waals surface area contributed by atoms with E-state index >= 15 is 0 Å². The van der Waals surface area contributed by atoms with E-state index < -0.39 is 20.5 Å². The van der Waals surface area contributed by atoms with Gasteiger partial charge in [-0.25, -0.2) is 0 Å². The molecule has 0 aliphatic carbocycles. The van der Waals surface area contributed by atoms with Gasteiger partial charge in [0.05, 0.1) is 5.69 Å². The minimum Gasteiger partial charge on any atom is -0.398 e. The van der Waals surface area contributed by atoms with Crippen molar-refractivity contribution in [3.63, 3.8) is 0 Å². The maximum absolute atomic E-state index is 10.5. The van der Waals surface area contributed by atoms with Gasteiger partial charge in [0.1, 0.15) is 4.90 Å². The number of nitrogen functional groups attached to an aromatic ring is 1. The third kappa shape index (κ3) is 7.14. The van der Waals surface area contributed by atoms with Crippen LogP contribution in [0.25, 0.3) is 0 Å². The van der Waals surface area contributed by atoms with E-state index in [2.05, 4.69) is 0 Å². The van der Waals surface area contributed by atoms with Gasteiger partial charge in [-0.15, -0.1) is 0 Å². The van der Waals surface area contributed by atoms with Crippen molar-refractivity contribution in [1.82, 2.24) is 0 Å². The molecule has 16 heavy (non-hydrogen) atoms. The summed E-state index contributed by atoms with van der Waals surface area (Å²) in [5.41, 5.74) is 5.32. The molecule has 0 spiro atoms. The second-order valence-corrected chi connectivity index (χ2v) is 4.75. The molecule has 5 N–H and O–H groups in total. The van der Waals surface area contributed by atoms with Crippen LogP contribution in [-0.4, -0.2) is 30.5 Å². The Morgan fingerprint density at radius 1 is 0.938 bits per heavy atom. The van der Waals surface area contributed by atoms with Gasteiger partial charge >= 0.3 is 10.4 Å². The lowest BCUT2D eigenvalue weighted by Gasteiger charge is -1.98. The van der Waals surface area contributed by atoms with Crippen LogP contribution in [-0.2, 0) is 20.5 Å². The second-order valence-electron chi connectivity index (χ2n) is 2.46. The first-order valence-corrected chi connectivity index (χ1v) is 6.37. The minimum absolute atomic E-state index is 0.0509. The lowest BCUT2D eigenvalue weighted by atomic mass is 10.3. The number of para-hydroxylation sites is 1. The van der Waals surface area contributed by atoms with Crippen molar-refractivity contribution in [3.05, 3.63) is 24.3 Å². The quantitative estimate of drug-likeness (QED) is 0.406. The highest BCUT2D eigenvalue weighted by atomic mass is 32.3. The van der Waals surface area contributed by atoms with Crippen LogP contribution in [0.5, 0.6) is 0 Å². The van der Waals surface area contributed by atoms with Gasteiger partial charge in [-0.1, -0.05) is 12.1 Å². The van der Waals surface area contributed by atoms with E-state index in [1.807, 2.05) is 0 Å². The van der Waals surface area contributed by atoms with E-state index in [1.165, 1.54) is 18.2 Å². The van der Waals surface area contributed by atoms with Gasteiger partial charge in [0, 0.05) is 0 Å². The maximum Gasteiger partial charge on any atom is 0.394 e. The zero-order valence-electron chi connectivity index (χ0n) is 7.68. The molecule has 0 fully saturated rings. The molecule has 0 aliphatic rings. The summed E-state index contributed by atoms with van der Waals surface area (Å²) in [6, 6.07) is 5.72. The first-order valence-electron chi connectivity index (χ1n) is 3.53. The number of benzene rings is 1. The molecular formula is C6H9NO7S2. The van der Waals surface area contributed by atoms with Crippen molar-refractivity contribution in [3.8, 4) is 0 Å². The van der Waals surface area contributed by atoms with Gasteiger partial charge in [-0.3, -0.25) is 13.7 Å². The average molecular weight is 271 g/mol. The van der Waals surface area contributed by atoms with Crippen molar-refractivity contribution in [2.45, 2.75) is 4.90 Å². The number of hydrogen-bond donors (Lipinski definition) is 4. The molecule has 0 atom stereocenters. The molecule has 0 radical (unpaired) electrons. The molecule has 1 aromatic carbocycles. The van der Waals surface area contributed by atoms with Gasteiger partial charge in [-0.2, -0.15) is 16.8 Å². The minimum atomic E-state index is -4.67. The molecule has 8 nitrogen and oxygen atoms in total. The van der Waals surface area contributed by atoms with Crippen molar-refractivity contribution >= 4 is 26.2 Å². The summed E-state index contributed by atoms with van der Waals surface area (Å²) in [5.74, 6) is 0. The molecular weight excluding hydrogens is 262 g/mol. The van der Waals surface area contributed by atoms with Crippen LogP contribution in [0.15, 0.2) is 29.2 Å². The monoisotopic (exact) mass is 271 g/mol. The Bertz CT molecular complexity index is 540. The van der Waals surface area contributed by atoms with Gasteiger partial charge in [0.25, 0.3) is 10.1 Å². The normalized spacial score (nSPS) is 11.4. The van der Waals surface area contributed by atoms with Crippen LogP contribution in [0.4, 0.5) is 5.69 Å². The molecule has 0 aromatic heterocycles. The molecule has 0 amide bonds. The average Bonchev–Trinajstić information content (AvgIpc) is 1.99. The summed E-state index contributed by atoms with van der Waals surface area (Å²) >= 11 is 0. The third-order valence-corrected chi connectivity index (χ3v) is 2.12. The number of anilines is 1. The molecule has 0 heterocycles. The first-order chi connectivity index (χ1) is 7.02. The standard InChI is InChI=1S/C6H7NO3S.H2O4S/c7-5-3-1-2-4-6(5)11(8,9)10;1-5(2,3)4/h1-4H,7H2,(H,8,9,10);(H2,1,2,3,4). The van der Waals surface area contributed by atoms with Crippen LogP contribution in [0, 0.1) is 0 Å². The Labute approximate surface area is 92.0 Å². The van der Waals surface area contributed by atoms with Crippen LogP contribution in [0.3, 0.4) is 0 Å². The highest BCUT2D eigenvalue weighted by Gasteiger charge is 2.11. The lowest BCUT2D eigenvalue weighted by molar-refractivity contribution is 0.381. The summed E-state index contributed by atoms with van der Waals surface area (Å²) in [7, 11) is -8.83. The predicted octanol–water partition coefficient (Wildman–Crippen LogP) is -0.137. The fourth-order valence-electron chi connectivity index (χ4n) is 0.715. The molecule has 0 saturated heterocycles. The molecule has 0 bridgehead atoms. The Kier molecular flexibility index (Phi) is 4.83. The third-order valence-electron chi connectivity index (χ3n) is 1.20. The highest BCUT2D eigenvalue weighted by molar-refractivity contribution is 7.86. The van der Waals surface area contributed by atoms with Crippen LogP contribution in [0.2, 0.25) is 0 Å². The zero-order chi connectivity index (χ0) is 13.0. The second kappa shape index (κ2) is 5.23. The van der Waals surface area contributed by atoms with E-state index in [0.29, 0.717) is 0 Å². The number of hydrogen-bond acceptors (Lipinski definition) is 5. The molecule has 10 heteroatoms. The lowest BCUT2D eigenvalue weighted by Crippen LogP contribution is -2.01. The maximum atomic E-state index is 10.5. The SMILES string of the molecule is Nc1ccccc1S(=O)(=O)O.O=S(=O)(O)O. The summed E-state index contributed by atoms with van der Waals surface area (Å²) < 4.78 is 61.2. The Morgan fingerprint density at radius 2 is 1.31 bits per heavy atom. The molecule has 92 valence electrons. The van der Waals surface area contributed by atoms with Crippen molar-refractivity contribution in [1.29, 1.82) is 0 Å². The largest absolute Gasteiger partial charge is 0.398 e. The van der Waals surface area contributed by atoms with Crippen LogP contribution < -0.4 is 5.73 Å². The van der Waals surface area contributed by atoms with Crippen molar-refractivity contribution in [2.24, 2.45) is 0 Å². The smallest absolute Gasteiger partial charge is 0.394 e. The van der Waals surface area contributed by atoms with Gasteiger partial charge in [0.2, 0.25) is 0 Å². The molecule has 1 rings (SSSR count). The highest BCUT2D eigenvalue weighted by Crippen LogP contribution is 2.15. The number of nitrogens with two attached hydrogens (primary N) is 1. The van der Waals surface area contributed by atoms with Gasteiger partial charge in [0.15, 0.2) is 0 Å². The van der Waals surface area contributed by atoms with Gasteiger partial charge < -0.3 is 5.73 Å². The predicted molar refractivity (Wildman–Crippen MR) is 54.8 cm³/mol. The summed E-state index contributed by atoms with van der Waals surface area (Å²) in [5, 5.41) is 0. The summed E-state index contributed by atoms with van der Waals surface area (Å²) in [4.78, 5) is -0.250. The molecule has 1 aromatic rings. The fourth-order valence-corrected chi connectivity index (χ4v) is 1.33. The molecule has 0 aliphatic heterocycles. The Morgan fingerprint density at radius 3 is 1.56 bits per heavy atom. The van der Waals surface area contributed by atoms with E-state index in [1.54, 1.807) is 6.07 Å². The van der Waals surface area contributed by atoms with Crippen molar-refractivity contribution in [2.75, 3.05) is 5.73 Å². The molecule has 0 unspecified atom stereocenters. The van der Waals surface area contributed by atoms with Gasteiger partial charge in [-0.05, 0) is 12.1 Å². The Hall–Kier alpha value is -1.20. The summed E-state index contributed by atoms with van der Waals surface area (Å²) in [6.45, 7) is 0. The first kappa shape index (κ1) is 14.8. The van der Waals surface area contributed by atoms with E-state index in [4.69, 9.17) is 27.8 Å². The van der Waals surface area contributed by atoms with E-state index in [9.17, 15) is 8.42 Å². The topological polar surface area (TPSA) is 155 Å². The van der Waals surface area contributed by atoms with Crippen LogP contribution >= 0.6 is 0 Å². The summed E-state index contributed by atoms with van der Waals surface area (Å²) in [6.07, 6.45) is 0. The van der Waals surface area contributed by atoms with E-state index in [-0.39, 0.29) is 10.6 Å². The fraction of sp³-hybridized carbons (Fsp3) is 0. The Balaban J connectivity index is 0.000000385. The number of rotatable bonds is 1. The van der Waals surface area contributed by atoms with Crippen molar-refractivity contribution < 1.29 is 30.5 Å². The molecule has 0 saturated carbocycles. The van der Waals surface area contributed by atoms with E-state index in [0.717, 1.165) is 0 Å².